The lowest BCUT2D eigenvalue weighted by molar-refractivity contribution is 0.0926. The van der Waals surface area contributed by atoms with Crippen molar-refractivity contribution in [3.63, 3.8) is 0 Å². The third-order valence-electron chi connectivity index (χ3n) is 10.2. The first-order valence-corrected chi connectivity index (χ1v) is 17.7. The maximum Gasteiger partial charge on any atom is 0.268 e. The van der Waals surface area contributed by atoms with E-state index < -0.39 is 0 Å². The minimum Gasteiger partial charge on any atom is -0.308 e. The van der Waals surface area contributed by atoms with Crippen LogP contribution in [0.15, 0.2) is 164 Å². The standard InChI is InChI=1S/C48H36N2O2/c1-48(2,3)40-26-15-24-36-35-23-13-14-27-41(35)49(45(36)40)42-28-16-25-37-43(42)47(52)50(46(37)51)44-38(32-19-9-5-10-20-32)29-34(31-17-7-4-8-18-31)30-39(44)33-21-11-6-12-22-33/h4-30H,1-3H3. The number of carbonyl (C=O) groups excluding carboxylic acids is 2. The number of imide groups is 1. The van der Waals surface area contributed by atoms with Crippen LogP contribution in [0.25, 0.3) is 60.9 Å². The van der Waals surface area contributed by atoms with Crippen molar-refractivity contribution < 1.29 is 9.59 Å². The molecule has 0 fully saturated rings. The van der Waals surface area contributed by atoms with Crippen LogP contribution in [0.3, 0.4) is 0 Å². The van der Waals surface area contributed by atoms with Crippen LogP contribution in [0, 0.1) is 0 Å². The number of carbonyl (C=O) groups is 2. The lowest BCUT2D eigenvalue weighted by Gasteiger charge is -2.24. The van der Waals surface area contributed by atoms with E-state index in [0.717, 1.165) is 55.2 Å². The average Bonchev–Trinajstić information content (AvgIpc) is 3.65. The fraction of sp³-hybridized carbons (Fsp3) is 0.0833. The van der Waals surface area contributed by atoms with Crippen molar-refractivity contribution in [3.05, 3.63) is 180 Å². The van der Waals surface area contributed by atoms with Gasteiger partial charge in [0.05, 0.1) is 33.5 Å². The van der Waals surface area contributed by atoms with Crippen LogP contribution in [-0.4, -0.2) is 16.4 Å². The zero-order chi connectivity index (χ0) is 35.6. The molecule has 52 heavy (non-hydrogen) atoms. The normalized spacial score (nSPS) is 12.9. The molecule has 8 aromatic rings. The van der Waals surface area contributed by atoms with E-state index in [-0.39, 0.29) is 17.2 Å². The monoisotopic (exact) mass is 672 g/mol. The number of amides is 2. The number of aromatic nitrogens is 1. The minimum atomic E-state index is -0.336. The van der Waals surface area contributed by atoms with Crippen LogP contribution in [0.5, 0.6) is 0 Å². The van der Waals surface area contributed by atoms with E-state index in [1.165, 1.54) is 10.5 Å². The summed E-state index contributed by atoms with van der Waals surface area (Å²) in [6.45, 7) is 6.64. The summed E-state index contributed by atoms with van der Waals surface area (Å²) in [5.74, 6) is -0.669. The maximum atomic E-state index is 15.3. The number of benzene rings is 7. The van der Waals surface area contributed by atoms with Crippen molar-refractivity contribution >= 4 is 39.3 Å². The van der Waals surface area contributed by atoms with Gasteiger partial charge in [-0.05, 0) is 63.6 Å². The van der Waals surface area contributed by atoms with Crippen molar-refractivity contribution in [2.45, 2.75) is 26.2 Å². The highest BCUT2D eigenvalue weighted by Crippen LogP contribution is 2.47. The molecule has 0 atom stereocenters. The SMILES string of the molecule is CC(C)(C)c1cccc2c3ccccc3n(-c3cccc4c3C(=O)N(c3c(-c5ccccc5)cc(-c5ccccc5)cc3-c3ccccc3)C4=O)c12. The fourth-order valence-electron chi connectivity index (χ4n) is 7.88. The van der Waals surface area contributed by atoms with Crippen LogP contribution >= 0.6 is 0 Å². The summed E-state index contributed by atoms with van der Waals surface area (Å²) < 4.78 is 2.20. The second kappa shape index (κ2) is 12.1. The van der Waals surface area contributed by atoms with Crippen LogP contribution in [0.2, 0.25) is 0 Å². The first kappa shape index (κ1) is 31.5. The van der Waals surface area contributed by atoms with E-state index in [1.54, 1.807) is 6.07 Å². The van der Waals surface area contributed by atoms with Crippen molar-refractivity contribution in [3.8, 4) is 39.1 Å². The predicted molar refractivity (Wildman–Crippen MR) is 213 cm³/mol. The third-order valence-corrected chi connectivity index (χ3v) is 10.2. The van der Waals surface area contributed by atoms with Gasteiger partial charge in [-0.25, -0.2) is 4.90 Å². The van der Waals surface area contributed by atoms with Crippen LogP contribution in [0.4, 0.5) is 5.69 Å². The Kier molecular flexibility index (Phi) is 7.30. The number of fused-ring (bicyclic) bond motifs is 4. The third kappa shape index (κ3) is 4.90. The van der Waals surface area contributed by atoms with E-state index in [0.29, 0.717) is 22.5 Å². The first-order valence-electron chi connectivity index (χ1n) is 17.7. The minimum absolute atomic E-state index is 0.175. The molecular formula is C48H36N2O2. The van der Waals surface area contributed by atoms with Gasteiger partial charge in [-0.3, -0.25) is 9.59 Å². The Morgan fingerprint density at radius 3 is 1.62 bits per heavy atom. The van der Waals surface area contributed by atoms with Gasteiger partial charge in [0, 0.05) is 21.9 Å². The summed E-state index contributed by atoms with van der Waals surface area (Å²) in [6.07, 6.45) is 0. The fourth-order valence-corrected chi connectivity index (χ4v) is 7.88. The van der Waals surface area contributed by atoms with Gasteiger partial charge in [0.1, 0.15) is 0 Å². The number of rotatable bonds is 5. The molecule has 0 saturated carbocycles. The topological polar surface area (TPSA) is 42.3 Å². The molecular weight excluding hydrogens is 637 g/mol. The quantitative estimate of drug-likeness (QED) is 0.171. The molecule has 0 bridgehead atoms. The van der Waals surface area contributed by atoms with Crippen molar-refractivity contribution in [2.24, 2.45) is 0 Å². The molecule has 9 rings (SSSR count). The largest absolute Gasteiger partial charge is 0.308 e. The molecule has 4 heteroatoms. The second-order valence-corrected chi connectivity index (χ2v) is 14.5. The van der Waals surface area contributed by atoms with Crippen LogP contribution in [0.1, 0.15) is 47.1 Å². The Labute approximate surface area is 303 Å². The molecule has 0 N–H and O–H groups in total. The van der Waals surface area contributed by atoms with Crippen molar-refractivity contribution in [1.82, 2.24) is 4.57 Å². The summed E-state index contributed by atoms with van der Waals surface area (Å²) in [5, 5.41) is 2.22. The Hall–Kier alpha value is -6.52. The predicted octanol–water partition coefficient (Wildman–Crippen LogP) is 11.9. The van der Waals surface area contributed by atoms with E-state index in [4.69, 9.17) is 0 Å². The number of hydrogen-bond acceptors (Lipinski definition) is 2. The Balaban J connectivity index is 1.33. The van der Waals surface area contributed by atoms with Gasteiger partial charge in [-0.2, -0.15) is 0 Å². The van der Waals surface area contributed by atoms with E-state index >= 15 is 4.79 Å². The molecule has 0 unspecified atom stereocenters. The van der Waals surface area contributed by atoms with Gasteiger partial charge in [-0.15, -0.1) is 0 Å². The number of para-hydroxylation sites is 2. The highest BCUT2D eigenvalue weighted by molar-refractivity contribution is 6.37. The first-order chi connectivity index (χ1) is 25.3. The maximum absolute atomic E-state index is 15.3. The molecule has 250 valence electrons. The van der Waals surface area contributed by atoms with E-state index in [1.807, 2.05) is 97.1 Å². The Bertz CT molecular complexity index is 2620. The number of hydrogen-bond donors (Lipinski definition) is 0. The summed E-state index contributed by atoms with van der Waals surface area (Å²) in [7, 11) is 0. The highest BCUT2D eigenvalue weighted by atomic mass is 16.2. The van der Waals surface area contributed by atoms with Gasteiger partial charge in [0.25, 0.3) is 11.8 Å². The molecule has 0 aliphatic carbocycles. The van der Waals surface area contributed by atoms with Gasteiger partial charge in [0.15, 0.2) is 0 Å². The number of anilines is 1. The van der Waals surface area contributed by atoms with Crippen LogP contribution < -0.4 is 4.90 Å². The molecule has 1 aliphatic heterocycles. The summed E-state index contributed by atoms with van der Waals surface area (Å²) in [4.78, 5) is 31.6. The molecule has 1 aliphatic rings. The Morgan fingerprint density at radius 1 is 0.462 bits per heavy atom. The molecule has 0 saturated heterocycles. The lowest BCUT2D eigenvalue weighted by Crippen LogP contribution is -2.30. The Morgan fingerprint density at radius 2 is 1.00 bits per heavy atom. The zero-order valence-corrected chi connectivity index (χ0v) is 29.3. The van der Waals surface area contributed by atoms with Crippen molar-refractivity contribution in [1.29, 1.82) is 0 Å². The highest BCUT2D eigenvalue weighted by Gasteiger charge is 2.42. The summed E-state index contributed by atoms with van der Waals surface area (Å²) in [6, 6.07) is 55.0. The second-order valence-electron chi connectivity index (χ2n) is 14.5. The van der Waals surface area contributed by atoms with E-state index in [9.17, 15) is 4.79 Å². The molecule has 2 amide bonds. The number of nitrogens with zero attached hydrogens (tertiary/aromatic N) is 2. The van der Waals surface area contributed by atoms with Gasteiger partial charge in [-0.1, -0.05) is 154 Å². The smallest absolute Gasteiger partial charge is 0.268 e. The molecule has 2 heterocycles. The zero-order valence-electron chi connectivity index (χ0n) is 29.3. The molecule has 4 nitrogen and oxygen atoms in total. The molecule has 7 aromatic carbocycles. The molecule has 1 aromatic heterocycles. The molecule has 0 spiro atoms. The van der Waals surface area contributed by atoms with Crippen LogP contribution in [-0.2, 0) is 5.41 Å². The summed E-state index contributed by atoms with van der Waals surface area (Å²) in [5.41, 5.74) is 10.6. The van der Waals surface area contributed by atoms with Gasteiger partial charge in [0.2, 0.25) is 0 Å². The van der Waals surface area contributed by atoms with Gasteiger partial charge < -0.3 is 4.57 Å². The van der Waals surface area contributed by atoms with E-state index in [2.05, 4.69) is 86.0 Å². The molecule has 0 radical (unpaired) electrons. The summed E-state index contributed by atoms with van der Waals surface area (Å²) >= 11 is 0. The van der Waals surface area contributed by atoms with Gasteiger partial charge >= 0.3 is 0 Å². The lowest BCUT2D eigenvalue weighted by atomic mass is 9.85. The van der Waals surface area contributed by atoms with Crippen molar-refractivity contribution in [2.75, 3.05) is 4.90 Å². The average molecular weight is 673 g/mol.